The van der Waals surface area contributed by atoms with E-state index < -0.39 is 0 Å². The zero-order valence-electron chi connectivity index (χ0n) is 14.1. The Morgan fingerprint density at radius 1 is 1.21 bits per heavy atom. The van der Waals surface area contributed by atoms with E-state index in [4.69, 9.17) is 0 Å². The standard InChI is InChI=1S/C21H25NOS/c23-16-7-6-15-12-20-18-5-1-2-8-21(18,19(15)13-16)9-10-22(20)14-17-4-3-11-24-17/h3-4,6-7,11,13,18,20,23H,1-2,5,8-10,12,14H2/t18-,20+,21+/m0/s1. The lowest BCUT2D eigenvalue weighted by atomic mass is 9.52. The molecule has 1 aromatic heterocycles. The second kappa shape index (κ2) is 5.60. The van der Waals surface area contributed by atoms with E-state index in [9.17, 15) is 5.11 Å². The summed E-state index contributed by atoms with van der Waals surface area (Å²) in [6, 6.07) is 11.3. The van der Waals surface area contributed by atoms with E-state index in [-0.39, 0.29) is 0 Å². The van der Waals surface area contributed by atoms with Crippen molar-refractivity contribution >= 4 is 11.3 Å². The molecule has 2 nitrogen and oxygen atoms in total. The van der Waals surface area contributed by atoms with Crippen molar-refractivity contribution in [2.75, 3.05) is 6.54 Å². The maximum atomic E-state index is 10.1. The summed E-state index contributed by atoms with van der Waals surface area (Å²) in [5, 5.41) is 12.3. The molecule has 3 heteroatoms. The van der Waals surface area contributed by atoms with Gasteiger partial charge in [-0.3, -0.25) is 4.90 Å². The summed E-state index contributed by atoms with van der Waals surface area (Å²) < 4.78 is 0. The number of piperidine rings is 1. The first kappa shape index (κ1) is 15.0. The predicted molar refractivity (Wildman–Crippen MR) is 98.6 cm³/mol. The molecular formula is C21H25NOS. The topological polar surface area (TPSA) is 23.5 Å². The molecule has 0 spiro atoms. The zero-order valence-corrected chi connectivity index (χ0v) is 14.9. The fraction of sp³-hybridized carbons (Fsp3) is 0.524. The number of hydrogen-bond donors (Lipinski definition) is 1. The van der Waals surface area contributed by atoms with Gasteiger partial charge in [0.25, 0.3) is 0 Å². The minimum atomic E-state index is 0.335. The molecule has 2 aliphatic carbocycles. The Balaban J connectivity index is 1.56. The van der Waals surface area contributed by atoms with Crippen molar-refractivity contribution in [2.24, 2.45) is 5.92 Å². The van der Waals surface area contributed by atoms with Gasteiger partial charge in [-0.25, -0.2) is 0 Å². The van der Waals surface area contributed by atoms with Crippen molar-refractivity contribution < 1.29 is 5.11 Å². The first-order valence-electron chi connectivity index (χ1n) is 9.35. The van der Waals surface area contributed by atoms with Gasteiger partial charge < -0.3 is 5.11 Å². The number of phenolic OH excluding ortho intramolecular Hbond substituents is 1. The molecule has 2 heterocycles. The van der Waals surface area contributed by atoms with Crippen LogP contribution < -0.4 is 0 Å². The first-order valence-corrected chi connectivity index (χ1v) is 10.2. The van der Waals surface area contributed by atoms with Gasteiger partial charge in [0.05, 0.1) is 0 Å². The number of nitrogens with zero attached hydrogens (tertiary/aromatic N) is 1. The highest BCUT2D eigenvalue weighted by molar-refractivity contribution is 7.09. The third kappa shape index (κ3) is 2.18. The van der Waals surface area contributed by atoms with Crippen LogP contribution in [-0.2, 0) is 18.4 Å². The number of rotatable bonds is 2. The average Bonchev–Trinajstić information content (AvgIpc) is 3.11. The average molecular weight is 340 g/mol. The third-order valence-corrected chi connectivity index (χ3v) is 7.74. The van der Waals surface area contributed by atoms with Crippen molar-refractivity contribution in [3.63, 3.8) is 0 Å². The van der Waals surface area contributed by atoms with E-state index in [2.05, 4.69) is 34.5 Å². The molecule has 2 aromatic rings. The molecule has 1 aliphatic heterocycles. The normalized spacial score (nSPS) is 32.2. The highest BCUT2D eigenvalue weighted by atomic mass is 32.1. The van der Waals surface area contributed by atoms with Crippen LogP contribution in [0.25, 0.3) is 0 Å². The quantitative estimate of drug-likeness (QED) is 0.856. The lowest BCUT2D eigenvalue weighted by Gasteiger charge is -2.59. The van der Waals surface area contributed by atoms with Crippen LogP contribution in [-0.4, -0.2) is 22.6 Å². The number of hydrogen-bond acceptors (Lipinski definition) is 3. The van der Waals surface area contributed by atoms with Crippen molar-refractivity contribution in [3.8, 4) is 5.75 Å². The van der Waals surface area contributed by atoms with Crippen LogP contribution in [0.3, 0.4) is 0 Å². The van der Waals surface area contributed by atoms with E-state index in [0.29, 0.717) is 17.2 Å². The largest absolute Gasteiger partial charge is 0.508 e. The fourth-order valence-electron chi connectivity index (χ4n) is 5.87. The Kier molecular flexibility index (Phi) is 3.50. The van der Waals surface area contributed by atoms with Gasteiger partial charge in [0, 0.05) is 22.9 Å². The van der Waals surface area contributed by atoms with Gasteiger partial charge in [0.15, 0.2) is 0 Å². The summed E-state index contributed by atoms with van der Waals surface area (Å²) >= 11 is 1.89. The predicted octanol–water partition coefficient (Wildman–Crippen LogP) is 4.71. The fourth-order valence-corrected chi connectivity index (χ4v) is 6.60. The molecule has 2 fully saturated rings. The van der Waals surface area contributed by atoms with Crippen molar-refractivity contribution in [2.45, 2.75) is 56.5 Å². The lowest BCUT2D eigenvalue weighted by molar-refractivity contribution is -0.0152. The van der Waals surface area contributed by atoms with Gasteiger partial charge in [-0.2, -0.15) is 0 Å². The highest BCUT2D eigenvalue weighted by Gasteiger charge is 2.53. The zero-order chi connectivity index (χ0) is 16.1. The monoisotopic (exact) mass is 339 g/mol. The van der Waals surface area contributed by atoms with Gasteiger partial charge in [-0.05, 0) is 72.9 Å². The summed E-state index contributed by atoms with van der Waals surface area (Å²) in [6.07, 6.45) is 7.83. The number of benzene rings is 1. The van der Waals surface area contributed by atoms with E-state index in [0.717, 1.165) is 18.9 Å². The van der Waals surface area contributed by atoms with Crippen molar-refractivity contribution in [3.05, 3.63) is 51.7 Å². The van der Waals surface area contributed by atoms with Crippen LogP contribution in [0.4, 0.5) is 0 Å². The first-order chi connectivity index (χ1) is 11.8. The Bertz CT molecular complexity index is 740. The van der Waals surface area contributed by atoms with Crippen LogP contribution in [0.1, 0.15) is 48.1 Å². The van der Waals surface area contributed by atoms with E-state index in [1.165, 1.54) is 54.7 Å². The molecule has 126 valence electrons. The molecule has 3 atom stereocenters. The summed E-state index contributed by atoms with van der Waals surface area (Å²) in [4.78, 5) is 4.25. The lowest BCUT2D eigenvalue weighted by Crippen LogP contribution is -2.60. The second-order valence-corrected chi connectivity index (χ2v) is 8.95. The summed E-state index contributed by atoms with van der Waals surface area (Å²) in [6.45, 7) is 2.32. The van der Waals surface area contributed by atoms with E-state index >= 15 is 0 Å². The van der Waals surface area contributed by atoms with Gasteiger partial charge in [0.2, 0.25) is 0 Å². The summed E-state index contributed by atoms with van der Waals surface area (Å²) in [5.74, 6) is 1.22. The number of phenols is 1. The molecule has 0 radical (unpaired) electrons. The number of likely N-dealkylation sites (tertiary alicyclic amines) is 1. The highest BCUT2D eigenvalue weighted by Crippen LogP contribution is 2.56. The van der Waals surface area contributed by atoms with E-state index in [1.54, 1.807) is 0 Å². The minimum absolute atomic E-state index is 0.335. The number of fused-ring (bicyclic) bond motifs is 1. The number of aromatic hydroxyl groups is 1. The Morgan fingerprint density at radius 3 is 3.04 bits per heavy atom. The van der Waals surface area contributed by atoms with Gasteiger partial charge >= 0.3 is 0 Å². The molecule has 0 amide bonds. The molecule has 1 aromatic carbocycles. The molecule has 2 bridgehead atoms. The van der Waals surface area contributed by atoms with Gasteiger partial charge in [-0.15, -0.1) is 11.3 Å². The van der Waals surface area contributed by atoms with Crippen LogP contribution in [0.5, 0.6) is 5.75 Å². The minimum Gasteiger partial charge on any atom is -0.508 e. The Hall–Kier alpha value is -1.32. The van der Waals surface area contributed by atoms with Crippen molar-refractivity contribution in [1.82, 2.24) is 4.90 Å². The number of thiophene rings is 1. The molecule has 1 saturated carbocycles. The summed E-state index contributed by atoms with van der Waals surface area (Å²) in [7, 11) is 0. The Labute approximate surface area is 148 Å². The molecule has 24 heavy (non-hydrogen) atoms. The third-order valence-electron chi connectivity index (χ3n) is 6.87. The molecular weight excluding hydrogens is 314 g/mol. The van der Waals surface area contributed by atoms with E-state index in [1.807, 2.05) is 17.4 Å². The molecule has 0 unspecified atom stereocenters. The molecule has 3 aliphatic rings. The smallest absolute Gasteiger partial charge is 0.115 e. The second-order valence-electron chi connectivity index (χ2n) is 7.92. The maximum absolute atomic E-state index is 10.1. The molecule has 1 N–H and O–H groups in total. The van der Waals surface area contributed by atoms with Crippen LogP contribution in [0.2, 0.25) is 0 Å². The van der Waals surface area contributed by atoms with Crippen LogP contribution in [0, 0.1) is 5.92 Å². The van der Waals surface area contributed by atoms with Gasteiger partial charge in [-0.1, -0.05) is 25.0 Å². The maximum Gasteiger partial charge on any atom is 0.115 e. The van der Waals surface area contributed by atoms with Crippen molar-refractivity contribution in [1.29, 1.82) is 0 Å². The van der Waals surface area contributed by atoms with Crippen LogP contribution in [0.15, 0.2) is 35.7 Å². The van der Waals surface area contributed by atoms with Gasteiger partial charge in [0.1, 0.15) is 5.75 Å². The summed E-state index contributed by atoms with van der Waals surface area (Å²) in [5.41, 5.74) is 3.31. The molecule has 1 saturated heterocycles. The SMILES string of the molecule is Oc1ccc2c(c1)[C@@]13CCCC[C@H]1[C@@H](C2)N(Cc1cccs1)CC3. The Morgan fingerprint density at radius 2 is 2.17 bits per heavy atom. The van der Waals surface area contributed by atoms with Crippen LogP contribution >= 0.6 is 11.3 Å². The molecule has 5 rings (SSSR count).